The maximum atomic E-state index is 13.4. The van der Waals surface area contributed by atoms with Gasteiger partial charge in [0.1, 0.15) is 0 Å². The number of amides is 2. The number of allylic oxidation sites excluding steroid dienone is 5. The molecule has 232 valence electrons. The highest BCUT2D eigenvalue weighted by Crippen LogP contribution is 2.31. The number of rotatable bonds is 13. The Bertz CT molecular complexity index is 1030. The maximum absolute atomic E-state index is 13.4. The fourth-order valence-electron chi connectivity index (χ4n) is 3.62. The van der Waals surface area contributed by atoms with E-state index < -0.39 is 29.6 Å². The van der Waals surface area contributed by atoms with Gasteiger partial charge in [0.05, 0.1) is 18.4 Å². The molecular formula is C31H51F2N5O3. The zero-order valence-electron chi connectivity index (χ0n) is 26.1. The summed E-state index contributed by atoms with van der Waals surface area (Å²) in [7, 11) is 3.32. The first-order valence-corrected chi connectivity index (χ1v) is 13.8. The van der Waals surface area contributed by atoms with Gasteiger partial charge in [0, 0.05) is 30.4 Å². The van der Waals surface area contributed by atoms with Gasteiger partial charge in [0.15, 0.2) is 11.6 Å². The zero-order valence-corrected chi connectivity index (χ0v) is 26.1. The molecule has 1 aromatic carbocycles. The summed E-state index contributed by atoms with van der Waals surface area (Å²) >= 11 is 0. The van der Waals surface area contributed by atoms with Gasteiger partial charge in [0.25, 0.3) is 0 Å². The van der Waals surface area contributed by atoms with Crippen LogP contribution < -0.4 is 22.1 Å². The van der Waals surface area contributed by atoms with E-state index in [0.717, 1.165) is 43.2 Å². The molecule has 0 spiro atoms. The number of likely N-dealkylation sites (N-methyl/N-ethyl adjacent to an activating group) is 1. The number of benzene rings is 1. The molecule has 1 aromatic rings. The largest absolute Gasteiger partial charge is 0.466 e. The quantitative estimate of drug-likeness (QED) is 0.132. The number of esters is 1. The number of carbonyl (C=O) groups excluding carboxylic acids is 2. The Hall–Kier alpha value is -3.66. The summed E-state index contributed by atoms with van der Waals surface area (Å²) in [4.78, 5) is 25.3. The van der Waals surface area contributed by atoms with Crippen LogP contribution in [0.1, 0.15) is 72.3 Å². The Balaban J connectivity index is 0. The Labute approximate surface area is 245 Å². The molecule has 1 atom stereocenters. The van der Waals surface area contributed by atoms with Gasteiger partial charge in [-0.2, -0.15) is 0 Å². The molecule has 0 saturated carbocycles. The second-order valence-electron chi connectivity index (χ2n) is 9.28. The minimum absolute atomic E-state index is 0.134. The van der Waals surface area contributed by atoms with Gasteiger partial charge in [-0.1, -0.05) is 58.9 Å². The van der Waals surface area contributed by atoms with Crippen LogP contribution in [0.25, 0.3) is 0 Å². The van der Waals surface area contributed by atoms with Crippen molar-refractivity contribution in [3.8, 4) is 0 Å². The van der Waals surface area contributed by atoms with Crippen molar-refractivity contribution in [2.45, 2.75) is 66.7 Å². The second kappa shape index (κ2) is 23.1. The number of nitrogens with two attached hydrogens (primary N) is 2. The number of carbonyl (C=O) groups is 2. The number of ether oxygens (including phenoxy) is 1. The lowest BCUT2D eigenvalue weighted by atomic mass is 9.87. The summed E-state index contributed by atoms with van der Waals surface area (Å²) in [5, 5.41) is 5.64. The van der Waals surface area contributed by atoms with Crippen molar-refractivity contribution in [1.29, 1.82) is 0 Å². The van der Waals surface area contributed by atoms with Crippen molar-refractivity contribution in [3.05, 3.63) is 82.9 Å². The predicted octanol–water partition coefficient (Wildman–Crippen LogP) is 5.84. The molecule has 6 N–H and O–H groups in total. The highest BCUT2D eigenvalue weighted by Gasteiger charge is 2.26. The molecule has 0 saturated heterocycles. The minimum Gasteiger partial charge on any atom is -0.466 e. The molecule has 0 heterocycles. The third-order valence-corrected chi connectivity index (χ3v) is 5.46. The van der Waals surface area contributed by atoms with E-state index in [1.165, 1.54) is 32.9 Å². The minimum atomic E-state index is -1.01. The van der Waals surface area contributed by atoms with Crippen LogP contribution in [0.2, 0.25) is 0 Å². The van der Waals surface area contributed by atoms with Gasteiger partial charge in [-0.05, 0) is 64.1 Å². The topological polar surface area (TPSA) is 123 Å². The number of hydrogen-bond acceptors (Lipinski definition) is 6. The van der Waals surface area contributed by atoms with Crippen LogP contribution in [-0.2, 0) is 9.53 Å². The van der Waals surface area contributed by atoms with Gasteiger partial charge in [-0.25, -0.2) is 18.4 Å². The number of halogens is 2. The van der Waals surface area contributed by atoms with Crippen molar-refractivity contribution in [1.82, 2.24) is 15.5 Å². The van der Waals surface area contributed by atoms with E-state index in [9.17, 15) is 18.4 Å². The van der Waals surface area contributed by atoms with Crippen LogP contribution in [0.15, 0.2) is 65.7 Å². The molecule has 0 radical (unpaired) electrons. The van der Waals surface area contributed by atoms with E-state index in [1.807, 2.05) is 19.1 Å². The average molecular weight is 580 g/mol. The molecule has 8 nitrogen and oxygen atoms in total. The zero-order chi connectivity index (χ0) is 32.0. The van der Waals surface area contributed by atoms with Crippen molar-refractivity contribution < 1.29 is 23.1 Å². The van der Waals surface area contributed by atoms with Gasteiger partial charge in [-0.3, -0.25) is 0 Å². The summed E-state index contributed by atoms with van der Waals surface area (Å²) in [6, 6.07) is 2.55. The fourth-order valence-corrected chi connectivity index (χ4v) is 3.62. The lowest BCUT2D eigenvalue weighted by Gasteiger charge is -2.20. The summed E-state index contributed by atoms with van der Waals surface area (Å²) in [5.74, 6) is -3.24. The molecular weight excluding hydrogens is 528 g/mol. The van der Waals surface area contributed by atoms with Crippen molar-refractivity contribution in [2.24, 2.45) is 11.5 Å². The molecule has 0 aliphatic rings. The van der Waals surface area contributed by atoms with E-state index in [4.69, 9.17) is 16.2 Å². The van der Waals surface area contributed by atoms with E-state index in [-0.39, 0.29) is 11.3 Å². The Morgan fingerprint density at radius 2 is 1.71 bits per heavy atom. The molecule has 0 aromatic heterocycles. The fraction of sp³-hybridized carbons (Fsp3) is 0.484. The van der Waals surface area contributed by atoms with Crippen LogP contribution in [-0.4, -0.2) is 50.7 Å². The lowest BCUT2D eigenvalue weighted by molar-refractivity contribution is -0.136. The van der Waals surface area contributed by atoms with Gasteiger partial charge in [0.2, 0.25) is 0 Å². The third kappa shape index (κ3) is 16.9. The predicted molar refractivity (Wildman–Crippen MR) is 165 cm³/mol. The number of nitrogens with zero attached hydrogens (tertiary/aromatic N) is 1. The SMILES string of the molecule is C=C/C=C\C(NCCN(C)CCC)=C(/C)N.CCC.CCC(/C(C(=O)OC)=C(/C)NC(N)=O)c1ccc(F)c(F)c1. The highest BCUT2D eigenvalue weighted by atomic mass is 19.2. The van der Waals surface area contributed by atoms with Crippen LogP contribution in [0.5, 0.6) is 0 Å². The Morgan fingerprint density at radius 1 is 1.10 bits per heavy atom. The smallest absolute Gasteiger partial charge is 0.336 e. The molecule has 0 aliphatic carbocycles. The van der Waals surface area contributed by atoms with E-state index in [1.54, 1.807) is 13.0 Å². The normalized spacial score (nSPS) is 12.6. The number of urea groups is 1. The summed E-state index contributed by atoms with van der Waals surface area (Å²) in [5.41, 5.74) is 13.3. The Morgan fingerprint density at radius 3 is 2.15 bits per heavy atom. The molecule has 2 amide bonds. The standard InChI is InChI=1S/C15H18F2N2O3.C13H25N3.C3H8/c1-4-10(9-5-6-11(16)12(17)7-9)13(14(20)22-3)8(2)19-15(18)21;1-5-7-8-13(12(3)14)15-9-11-16(4)10-6-2;1-3-2/h5-7,10H,4H2,1-3H3,(H3,18,19,21);5,7-8,15H,1,6,9-11,14H2,2-4H3;3H2,1-2H3/b13-8+;8-7-,13-12-;. The molecule has 0 aliphatic heterocycles. The number of nitrogens with one attached hydrogen (secondary N) is 2. The number of methoxy groups -OCH3 is 1. The monoisotopic (exact) mass is 579 g/mol. The molecule has 41 heavy (non-hydrogen) atoms. The number of primary amides is 1. The van der Waals surface area contributed by atoms with Crippen molar-refractivity contribution >= 4 is 12.0 Å². The Kier molecular flexibility index (Phi) is 22.2. The lowest BCUT2D eigenvalue weighted by Crippen LogP contribution is -2.30. The van der Waals surface area contributed by atoms with E-state index in [0.29, 0.717) is 12.0 Å². The molecule has 1 rings (SSSR count). The van der Waals surface area contributed by atoms with Gasteiger partial charge in [-0.15, -0.1) is 0 Å². The van der Waals surface area contributed by atoms with Crippen LogP contribution >= 0.6 is 0 Å². The van der Waals surface area contributed by atoms with Gasteiger partial charge < -0.3 is 31.7 Å². The van der Waals surface area contributed by atoms with E-state index in [2.05, 4.69) is 49.9 Å². The third-order valence-electron chi connectivity index (χ3n) is 5.46. The van der Waals surface area contributed by atoms with Crippen molar-refractivity contribution in [2.75, 3.05) is 33.8 Å². The van der Waals surface area contributed by atoms with Crippen LogP contribution in [0, 0.1) is 11.6 Å². The molecule has 1 unspecified atom stereocenters. The summed E-state index contributed by atoms with van der Waals surface area (Å²) in [6.45, 7) is 18.3. The maximum Gasteiger partial charge on any atom is 0.336 e. The highest BCUT2D eigenvalue weighted by molar-refractivity contribution is 5.92. The molecule has 0 bridgehead atoms. The number of hydrogen-bond donors (Lipinski definition) is 4. The second-order valence-corrected chi connectivity index (χ2v) is 9.28. The molecule has 10 heteroatoms. The average Bonchev–Trinajstić information content (AvgIpc) is 2.90. The van der Waals surface area contributed by atoms with E-state index >= 15 is 0 Å². The first-order chi connectivity index (χ1) is 19.3. The van der Waals surface area contributed by atoms with Crippen molar-refractivity contribution in [3.63, 3.8) is 0 Å². The first kappa shape index (κ1) is 39.5. The van der Waals surface area contributed by atoms with Crippen LogP contribution in [0.4, 0.5) is 13.6 Å². The molecule has 0 fully saturated rings. The van der Waals surface area contributed by atoms with Crippen LogP contribution in [0.3, 0.4) is 0 Å². The first-order valence-electron chi connectivity index (χ1n) is 13.8. The van der Waals surface area contributed by atoms with Gasteiger partial charge >= 0.3 is 12.0 Å². The summed E-state index contributed by atoms with van der Waals surface area (Å²) in [6.07, 6.45) is 8.42. The summed E-state index contributed by atoms with van der Waals surface area (Å²) < 4.78 is 31.2.